The highest BCUT2D eigenvalue weighted by Gasteiger charge is 2.17. The molecule has 0 fully saturated rings. The van der Waals surface area contributed by atoms with Crippen molar-refractivity contribution in [1.82, 2.24) is 4.98 Å². The Morgan fingerprint density at radius 1 is 0.812 bits per heavy atom. The number of hydrogen-bond acceptors (Lipinski definition) is 1. The van der Waals surface area contributed by atoms with Crippen LogP contribution in [0.3, 0.4) is 0 Å². The molecule has 0 radical (unpaired) electrons. The zero-order valence-electron chi connectivity index (χ0n) is 8.08. The predicted molar refractivity (Wildman–Crippen MR) is 61.4 cm³/mol. The second-order valence-electron chi connectivity index (χ2n) is 3.39. The number of para-hydroxylation sites is 2. The molecule has 0 saturated carbocycles. The van der Waals surface area contributed by atoms with Gasteiger partial charge < -0.3 is 0 Å². The fourth-order valence-electron chi connectivity index (χ4n) is 1.60. The van der Waals surface area contributed by atoms with E-state index in [4.69, 9.17) is 0 Å². The van der Waals surface area contributed by atoms with Gasteiger partial charge in [-0.2, -0.15) is 0 Å². The third-order valence-electron chi connectivity index (χ3n) is 2.34. The van der Waals surface area contributed by atoms with Crippen LogP contribution in [0.15, 0.2) is 36.4 Å². The molecule has 0 saturated heterocycles. The van der Waals surface area contributed by atoms with Crippen LogP contribution in [-0.2, 0) is 0 Å². The summed E-state index contributed by atoms with van der Waals surface area (Å²) in [6, 6.07) is 9.46. The molecule has 0 spiro atoms. The van der Waals surface area contributed by atoms with E-state index in [-0.39, 0.29) is 11.0 Å². The van der Waals surface area contributed by atoms with E-state index in [1.165, 1.54) is 23.5 Å². The normalized spacial score (nSPS) is 11.1. The molecule has 0 unspecified atom stereocenters. The lowest BCUT2D eigenvalue weighted by Crippen LogP contribution is -1.86. The molecule has 1 aromatic heterocycles. The number of nitrogens with zero attached hydrogens (tertiary/aromatic N) is 1. The largest absolute Gasteiger partial charge is 0.260 e. The molecular formula is C12H6F2NS+. The van der Waals surface area contributed by atoms with Gasteiger partial charge >= 0.3 is 0 Å². The minimum Gasteiger partial charge on any atom is -0.231 e. The van der Waals surface area contributed by atoms with Crippen molar-refractivity contribution in [3.63, 3.8) is 0 Å². The summed E-state index contributed by atoms with van der Waals surface area (Å²) >= 11 is 1.34. The molecule has 3 aromatic rings. The zero-order valence-corrected chi connectivity index (χ0v) is 8.89. The highest BCUT2D eigenvalue weighted by atomic mass is 32.1. The van der Waals surface area contributed by atoms with Crippen LogP contribution < -0.4 is 0 Å². The van der Waals surface area contributed by atoms with Gasteiger partial charge in [0.2, 0.25) is 11.3 Å². The highest BCUT2D eigenvalue weighted by Crippen LogP contribution is 2.28. The summed E-state index contributed by atoms with van der Waals surface area (Å²) in [5, 5.41) is 0. The van der Waals surface area contributed by atoms with Gasteiger partial charge in [0.1, 0.15) is 0 Å². The van der Waals surface area contributed by atoms with Gasteiger partial charge in [-0.05, 0) is 12.1 Å². The topological polar surface area (TPSA) is 12.9 Å². The lowest BCUT2D eigenvalue weighted by Gasteiger charge is -1.94. The maximum Gasteiger partial charge on any atom is 0.260 e. The second kappa shape index (κ2) is 3.42. The van der Waals surface area contributed by atoms with Gasteiger partial charge in [0.15, 0.2) is 22.7 Å². The molecule has 0 amide bonds. The summed E-state index contributed by atoms with van der Waals surface area (Å²) in [5.41, 5.74) is 0.454. The molecular weight excluding hydrogens is 228 g/mol. The lowest BCUT2D eigenvalue weighted by molar-refractivity contribution is 0.632. The van der Waals surface area contributed by atoms with Gasteiger partial charge in [-0.3, -0.25) is 0 Å². The van der Waals surface area contributed by atoms with Crippen molar-refractivity contribution in [2.45, 2.75) is 0 Å². The molecule has 78 valence electrons. The van der Waals surface area contributed by atoms with Crippen LogP contribution in [0.4, 0.5) is 8.78 Å². The fraction of sp³-hybridized carbons (Fsp3) is 0. The van der Waals surface area contributed by atoms with E-state index in [1.807, 2.05) is 0 Å². The van der Waals surface area contributed by atoms with Gasteiger partial charge in [-0.1, -0.05) is 12.1 Å². The van der Waals surface area contributed by atoms with Crippen LogP contribution in [0.1, 0.15) is 0 Å². The van der Waals surface area contributed by atoms with Crippen LogP contribution in [0.5, 0.6) is 0 Å². The van der Waals surface area contributed by atoms with Gasteiger partial charge in [0, 0.05) is 12.1 Å². The molecule has 0 aliphatic carbocycles. The molecule has 0 N–H and O–H groups in total. The van der Waals surface area contributed by atoms with E-state index >= 15 is 0 Å². The lowest BCUT2D eigenvalue weighted by atomic mass is 10.3. The van der Waals surface area contributed by atoms with E-state index in [2.05, 4.69) is 4.98 Å². The van der Waals surface area contributed by atoms with E-state index in [0.717, 1.165) is 9.40 Å². The first-order valence-corrected chi connectivity index (χ1v) is 5.54. The molecule has 0 atom stereocenters. The second-order valence-corrected chi connectivity index (χ2v) is 4.47. The number of hydrogen-bond donors (Lipinski definition) is 0. The summed E-state index contributed by atoms with van der Waals surface area (Å²) < 4.78 is 28.4. The van der Waals surface area contributed by atoms with Crippen molar-refractivity contribution in [2.24, 2.45) is 0 Å². The number of aromatic nitrogens is 1. The predicted octanol–water partition coefficient (Wildman–Crippen LogP) is 4.01. The Kier molecular flexibility index (Phi) is 2.04. The Hall–Kier alpha value is -1.68. The first-order chi connectivity index (χ1) is 7.75. The highest BCUT2D eigenvalue weighted by molar-refractivity contribution is 7.24. The smallest absolute Gasteiger partial charge is 0.231 e. The standard InChI is InChI=1S/C12H6F2NS/c13-7-3-1-5-9-11(7)15-12-8(14)4-2-6-10(12)16-9/h1-6H/q+1. The Labute approximate surface area is 94.0 Å². The van der Waals surface area contributed by atoms with E-state index in [9.17, 15) is 8.78 Å². The van der Waals surface area contributed by atoms with Gasteiger partial charge in [-0.15, -0.1) is 0 Å². The molecule has 3 rings (SSSR count). The molecule has 1 heterocycles. The van der Waals surface area contributed by atoms with Gasteiger partial charge in [0.25, 0.3) is 9.40 Å². The number of rotatable bonds is 0. The quantitative estimate of drug-likeness (QED) is 0.423. The molecule has 4 heteroatoms. The van der Waals surface area contributed by atoms with Crippen molar-refractivity contribution >= 4 is 31.8 Å². The molecule has 0 aliphatic heterocycles. The van der Waals surface area contributed by atoms with Gasteiger partial charge in [-0.25, -0.2) is 13.8 Å². The van der Waals surface area contributed by atoms with E-state index < -0.39 is 11.6 Å². The van der Waals surface area contributed by atoms with Crippen molar-refractivity contribution < 1.29 is 8.78 Å². The minimum absolute atomic E-state index is 0.227. The summed E-state index contributed by atoms with van der Waals surface area (Å²) in [5.74, 6) is -0.835. The van der Waals surface area contributed by atoms with Crippen LogP contribution >= 0.6 is 11.3 Å². The number of benzene rings is 2. The molecule has 1 nitrogen and oxygen atoms in total. The van der Waals surface area contributed by atoms with E-state index in [1.54, 1.807) is 24.3 Å². The van der Waals surface area contributed by atoms with Crippen LogP contribution in [-0.4, -0.2) is 4.98 Å². The monoisotopic (exact) mass is 234 g/mol. The maximum atomic E-state index is 13.5. The molecule has 0 aliphatic rings. The van der Waals surface area contributed by atoms with Crippen LogP contribution in [0.2, 0.25) is 0 Å². The first-order valence-electron chi connectivity index (χ1n) is 4.72. The summed E-state index contributed by atoms with van der Waals surface area (Å²) in [7, 11) is 0. The van der Waals surface area contributed by atoms with Crippen molar-refractivity contribution in [3.8, 4) is 0 Å². The fourth-order valence-corrected chi connectivity index (χ4v) is 2.61. The summed E-state index contributed by atoms with van der Waals surface area (Å²) in [4.78, 5) is 4.04. The van der Waals surface area contributed by atoms with Crippen molar-refractivity contribution in [2.75, 3.05) is 0 Å². The Morgan fingerprint density at radius 2 is 1.31 bits per heavy atom. The van der Waals surface area contributed by atoms with Crippen molar-refractivity contribution in [1.29, 1.82) is 0 Å². The Bertz CT molecular complexity index is 640. The third-order valence-corrected chi connectivity index (χ3v) is 3.44. The summed E-state index contributed by atoms with van der Waals surface area (Å²) in [6.45, 7) is 0. The van der Waals surface area contributed by atoms with Gasteiger partial charge in [0.05, 0.1) is 0 Å². The SMILES string of the molecule is Fc1cccc2[s+]c3cccc(F)c3nc12. The minimum atomic E-state index is -0.418. The first kappa shape index (κ1) is 9.54. The number of halogens is 2. The Morgan fingerprint density at radius 3 is 1.81 bits per heavy atom. The third kappa shape index (κ3) is 1.34. The zero-order chi connectivity index (χ0) is 11.1. The van der Waals surface area contributed by atoms with Crippen LogP contribution in [0, 0.1) is 11.6 Å². The summed E-state index contributed by atoms with van der Waals surface area (Å²) in [6.07, 6.45) is 0. The Balaban J connectivity index is 2.55. The molecule has 0 bridgehead atoms. The van der Waals surface area contributed by atoms with E-state index in [0.29, 0.717) is 0 Å². The maximum absolute atomic E-state index is 13.5. The average Bonchev–Trinajstić information content (AvgIpc) is 2.28. The number of fused-ring (bicyclic) bond motifs is 2. The van der Waals surface area contributed by atoms with Crippen LogP contribution in [0.25, 0.3) is 20.4 Å². The molecule has 16 heavy (non-hydrogen) atoms. The average molecular weight is 234 g/mol. The molecule has 2 aromatic carbocycles. The van der Waals surface area contributed by atoms with Crippen molar-refractivity contribution in [3.05, 3.63) is 48.0 Å².